The van der Waals surface area contributed by atoms with Crippen molar-refractivity contribution in [3.8, 4) is 11.4 Å². The third-order valence-electron chi connectivity index (χ3n) is 6.56. The van der Waals surface area contributed by atoms with Gasteiger partial charge in [-0.25, -0.2) is 13.1 Å². The number of sulfonamides is 1. The normalized spacial score (nSPS) is 11.2. The first kappa shape index (κ1) is 31.7. The number of aryl methyl sites for hydroxylation is 1. The van der Waals surface area contributed by atoms with Gasteiger partial charge in [0.2, 0.25) is 4.77 Å². The van der Waals surface area contributed by atoms with Crippen molar-refractivity contribution in [2.45, 2.75) is 63.8 Å². The number of para-hydroxylation sites is 1. The number of hydrogen-bond acceptors (Lipinski definition) is 8. The fourth-order valence-electron chi connectivity index (χ4n) is 4.26. The molecule has 0 bridgehead atoms. The summed E-state index contributed by atoms with van der Waals surface area (Å²) in [6.07, 6.45) is 6.71. The number of amides is 1. The number of carbonyl (C=O) groups is 1. The molecule has 0 saturated carbocycles. The number of nitrogens with one attached hydrogen (secondary N) is 3. The summed E-state index contributed by atoms with van der Waals surface area (Å²) in [6.45, 7) is 4.34. The number of nitrogens with zero attached hydrogens (tertiary/aromatic N) is 4. The maximum atomic E-state index is 13.3. The van der Waals surface area contributed by atoms with E-state index in [1.807, 2.05) is 43.3 Å². The molecule has 0 aliphatic rings. The lowest BCUT2D eigenvalue weighted by atomic mass is 10.1. The van der Waals surface area contributed by atoms with Gasteiger partial charge in [0, 0.05) is 5.69 Å². The number of anilines is 2. The minimum absolute atomic E-state index is 0.0933. The van der Waals surface area contributed by atoms with Gasteiger partial charge in [-0.15, -0.1) is 0 Å². The molecule has 13 heteroatoms. The second-order valence-corrected chi connectivity index (χ2v) is 12.1. The van der Waals surface area contributed by atoms with Gasteiger partial charge in [-0.1, -0.05) is 63.3 Å². The van der Waals surface area contributed by atoms with Crippen LogP contribution in [0.4, 0.5) is 11.4 Å². The Labute approximate surface area is 257 Å². The third-order valence-corrected chi connectivity index (χ3v) is 8.35. The number of benzene rings is 3. The highest BCUT2D eigenvalue weighted by molar-refractivity contribution is 7.92. The molecule has 4 aromatic rings. The molecule has 228 valence electrons. The van der Waals surface area contributed by atoms with Crippen molar-refractivity contribution in [3.05, 3.63) is 83.1 Å². The highest BCUT2D eigenvalue weighted by Crippen LogP contribution is 2.28. The summed E-state index contributed by atoms with van der Waals surface area (Å²) >= 11 is 5.39. The minimum atomic E-state index is -3.91. The summed E-state index contributed by atoms with van der Waals surface area (Å²) < 4.78 is 38.1. The van der Waals surface area contributed by atoms with Gasteiger partial charge in [0.05, 0.1) is 18.0 Å². The van der Waals surface area contributed by atoms with Crippen LogP contribution in [0, 0.1) is 11.7 Å². The summed E-state index contributed by atoms with van der Waals surface area (Å²) in [5.74, 6) is -0.0644. The first-order valence-corrected chi connectivity index (χ1v) is 16.2. The summed E-state index contributed by atoms with van der Waals surface area (Å²) in [5.41, 5.74) is 7.85. The smallest absolute Gasteiger partial charge is 0.265 e. The fourth-order valence-corrected chi connectivity index (χ4v) is 5.80. The molecule has 0 atom stereocenters. The molecule has 3 aromatic carbocycles. The van der Waals surface area contributed by atoms with Gasteiger partial charge in [-0.05, 0) is 90.1 Å². The Morgan fingerprint density at radius 2 is 1.60 bits per heavy atom. The van der Waals surface area contributed by atoms with Crippen LogP contribution in [0.5, 0.6) is 5.75 Å². The summed E-state index contributed by atoms with van der Waals surface area (Å²) in [6, 6.07) is 20.9. The Hall–Kier alpha value is -4.23. The number of ether oxygens (including phenoxy) is 1. The Morgan fingerprint density at radius 3 is 2.35 bits per heavy atom. The Balaban J connectivity index is 1.30. The van der Waals surface area contributed by atoms with E-state index in [1.54, 1.807) is 36.4 Å². The van der Waals surface area contributed by atoms with Gasteiger partial charge in [0.25, 0.3) is 15.9 Å². The third kappa shape index (κ3) is 9.13. The van der Waals surface area contributed by atoms with Crippen LogP contribution in [0.15, 0.2) is 77.7 Å². The lowest BCUT2D eigenvalue weighted by Gasteiger charge is -2.15. The number of tetrazole rings is 1. The van der Waals surface area contributed by atoms with Crippen LogP contribution in [-0.2, 0) is 21.4 Å². The van der Waals surface area contributed by atoms with E-state index in [0.29, 0.717) is 23.7 Å². The van der Waals surface area contributed by atoms with Gasteiger partial charge in [-0.2, -0.15) is 4.68 Å². The standard InChI is InChI=1S/C30H37N7O4S2/c1-3-4-5-6-7-11-20-41-27-19-14-23(2)21-28(27)43(39,40)33-25-17-15-24(16-18-25)31-32-29(38)22-36-30(42)37(35-34-36)26-12-9-8-10-13-26/h8-10,12-19,21,31,33H,3-7,11,20,22H2,1-2H3,(H,32,38). The zero-order valence-electron chi connectivity index (χ0n) is 24.3. The Morgan fingerprint density at radius 1 is 0.907 bits per heavy atom. The molecule has 1 amide bonds. The second kappa shape index (κ2) is 15.3. The number of hydrazine groups is 1. The zero-order valence-corrected chi connectivity index (χ0v) is 26.0. The summed E-state index contributed by atoms with van der Waals surface area (Å²) in [4.78, 5) is 12.6. The van der Waals surface area contributed by atoms with E-state index in [-0.39, 0.29) is 16.2 Å². The average molecular weight is 624 g/mol. The van der Waals surface area contributed by atoms with Gasteiger partial charge >= 0.3 is 0 Å². The highest BCUT2D eigenvalue weighted by Gasteiger charge is 2.20. The summed E-state index contributed by atoms with van der Waals surface area (Å²) in [7, 11) is -3.91. The maximum Gasteiger partial charge on any atom is 0.265 e. The van der Waals surface area contributed by atoms with Crippen molar-refractivity contribution in [1.82, 2.24) is 25.2 Å². The van der Waals surface area contributed by atoms with E-state index < -0.39 is 15.9 Å². The molecule has 1 heterocycles. The molecule has 43 heavy (non-hydrogen) atoms. The lowest BCUT2D eigenvalue weighted by molar-refractivity contribution is -0.121. The SMILES string of the molecule is CCCCCCCCOc1ccc(C)cc1S(=O)(=O)Nc1ccc(NNC(=O)Cn2nnn(-c3ccccc3)c2=S)cc1. The van der Waals surface area contributed by atoms with Crippen LogP contribution in [0.1, 0.15) is 51.0 Å². The van der Waals surface area contributed by atoms with Crippen molar-refractivity contribution in [2.24, 2.45) is 0 Å². The number of carbonyl (C=O) groups excluding carboxylic acids is 1. The molecular formula is C30H37N7O4S2. The van der Waals surface area contributed by atoms with E-state index in [2.05, 4.69) is 32.9 Å². The van der Waals surface area contributed by atoms with E-state index >= 15 is 0 Å². The lowest BCUT2D eigenvalue weighted by Crippen LogP contribution is -2.32. The maximum absolute atomic E-state index is 13.3. The molecule has 0 fully saturated rings. The zero-order chi connectivity index (χ0) is 30.7. The Kier molecular flexibility index (Phi) is 11.3. The van der Waals surface area contributed by atoms with Gasteiger partial charge in [-0.3, -0.25) is 20.4 Å². The van der Waals surface area contributed by atoms with Gasteiger partial charge in [0.15, 0.2) is 0 Å². The van der Waals surface area contributed by atoms with Crippen LogP contribution in [0.3, 0.4) is 0 Å². The first-order valence-electron chi connectivity index (χ1n) is 14.3. The number of unbranched alkanes of at least 4 members (excludes halogenated alkanes) is 5. The predicted molar refractivity (Wildman–Crippen MR) is 169 cm³/mol. The fraction of sp³-hybridized carbons (Fsp3) is 0.333. The monoisotopic (exact) mass is 623 g/mol. The van der Waals surface area contributed by atoms with Gasteiger partial charge in [0.1, 0.15) is 17.2 Å². The highest BCUT2D eigenvalue weighted by atomic mass is 32.2. The molecule has 0 aliphatic carbocycles. The molecule has 0 saturated heterocycles. The molecule has 11 nitrogen and oxygen atoms in total. The van der Waals surface area contributed by atoms with Crippen molar-refractivity contribution >= 4 is 39.5 Å². The molecular weight excluding hydrogens is 587 g/mol. The van der Waals surface area contributed by atoms with Crippen molar-refractivity contribution in [1.29, 1.82) is 0 Å². The van der Waals surface area contributed by atoms with Gasteiger partial charge < -0.3 is 4.74 Å². The topological polar surface area (TPSA) is 132 Å². The average Bonchev–Trinajstić information content (AvgIpc) is 3.36. The molecule has 0 aliphatic heterocycles. The van der Waals surface area contributed by atoms with E-state index in [0.717, 1.165) is 30.5 Å². The molecule has 1 aromatic heterocycles. The summed E-state index contributed by atoms with van der Waals surface area (Å²) in [5, 5.41) is 7.99. The van der Waals surface area contributed by atoms with Crippen LogP contribution in [-0.4, -0.2) is 40.7 Å². The minimum Gasteiger partial charge on any atom is -0.492 e. The number of aromatic nitrogens is 4. The quantitative estimate of drug-likeness (QED) is 0.0812. The van der Waals surface area contributed by atoms with E-state index in [9.17, 15) is 13.2 Å². The van der Waals surface area contributed by atoms with Crippen molar-refractivity contribution in [3.63, 3.8) is 0 Å². The predicted octanol–water partition coefficient (Wildman–Crippen LogP) is 5.79. The van der Waals surface area contributed by atoms with Crippen molar-refractivity contribution in [2.75, 3.05) is 16.8 Å². The number of rotatable bonds is 16. The van der Waals surface area contributed by atoms with Crippen molar-refractivity contribution < 1.29 is 17.9 Å². The molecule has 4 rings (SSSR count). The van der Waals surface area contributed by atoms with E-state index in [1.165, 1.54) is 28.6 Å². The molecule has 0 radical (unpaired) electrons. The molecule has 0 unspecified atom stereocenters. The Bertz CT molecular complexity index is 1650. The molecule has 3 N–H and O–H groups in total. The van der Waals surface area contributed by atoms with E-state index in [4.69, 9.17) is 17.0 Å². The first-order chi connectivity index (χ1) is 20.8. The largest absolute Gasteiger partial charge is 0.492 e. The van der Waals surface area contributed by atoms with Crippen LogP contribution >= 0.6 is 12.2 Å². The number of hydrogen-bond donors (Lipinski definition) is 3. The van der Waals surface area contributed by atoms with Crippen LogP contribution < -0.4 is 20.3 Å². The molecule has 0 spiro atoms. The van der Waals surface area contributed by atoms with Crippen LogP contribution in [0.25, 0.3) is 5.69 Å². The van der Waals surface area contributed by atoms with Crippen LogP contribution in [0.2, 0.25) is 0 Å². The second-order valence-electron chi connectivity index (χ2n) is 10.1.